The molecule has 2 amide bonds. The van der Waals surface area contributed by atoms with Crippen molar-refractivity contribution in [2.45, 2.75) is 25.9 Å². The predicted molar refractivity (Wildman–Crippen MR) is 131 cm³/mol. The van der Waals surface area contributed by atoms with Gasteiger partial charge in [-0.25, -0.2) is 18.4 Å². The highest BCUT2D eigenvalue weighted by atomic mass is 32.2. The lowest BCUT2D eigenvalue weighted by Crippen LogP contribution is -2.45. The molecule has 2 unspecified atom stereocenters. The lowest BCUT2D eigenvalue weighted by atomic mass is 10.0. The van der Waals surface area contributed by atoms with Crippen LogP contribution in [0.15, 0.2) is 36.4 Å². The quantitative estimate of drug-likeness (QED) is 0.205. The largest absolute Gasteiger partial charge is 0.478 e. The van der Waals surface area contributed by atoms with Gasteiger partial charge in [-0.2, -0.15) is 12.6 Å². The summed E-state index contributed by atoms with van der Waals surface area (Å²) in [6.07, 6.45) is 0. The van der Waals surface area contributed by atoms with Gasteiger partial charge in [0.2, 0.25) is 16.9 Å². The molecule has 0 saturated carbocycles. The average Bonchev–Trinajstić information content (AvgIpc) is 2.79. The maximum Gasteiger partial charge on any atom is 0.339 e. The monoisotopic (exact) mass is 540 g/mol. The van der Waals surface area contributed by atoms with Gasteiger partial charge in [0.05, 0.1) is 0 Å². The van der Waals surface area contributed by atoms with E-state index in [4.69, 9.17) is 4.74 Å². The Morgan fingerprint density at radius 3 is 2.19 bits per heavy atom. The Hall–Kier alpha value is -3.45. The fourth-order valence-corrected chi connectivity index (χ4v) is 4.24. The molecule has 0 saturated heterocycles. The van der Waals surface area contributed by atoms with Crippen molar-refractivity contribution >= 4 is 53.3 Å². The molecule has 2 aromatic rings. The number of thioether (sulfide) groups is 1. The van der Waals surface area contributed by atoms with E-state index in [1.54, 1.807) is 0 Å². The summed E-state index contributed by atoms with van der Waals surface area (Å²) in [5, 5.41) is 13.8. The Kier molecular flexibility index (Phi) is 10.4. The molecular formula is C23H22F2N2O7S2. The second-order valence-electron chi connectivity index (χ2n) is 7.38. The van der Waals surface area contributed by atoms with Gasteiger partial charge in [-0.15, -0.1) is 0 Å². The Labute approximate surface area is 214 Å². The van der Waals surface area contributed by atoms with Crippen molar-refractivity contribution in [3.05, 3.63) is 53.6 Å². The first-order valence-electron chi connectivity index (χ1n) is 10.3. The molecule has 0 heterocycles. The number of carbonyl (C=O) groups is 5. The van der Waals surface area contributed by atoms with E-state index in [0.717, 1.165) is 31.2 Å². The highest BCUT2D eigenvalue weighted by Gasteiger charge is 2.27. The normalized spacial score (nSPS) is 12.2. The Bertz CT molecular complexity index is 1190. The standard InChI is InChI=1S/C23H22F2N2O7S2/c1-11(28)26-18(9-35)23(33)36-10-19(27-12(2)29)22(32)34-20-6-3-13(7-16(20)21(30)31)15-5-4-14(24)8-17(15)25/h3-8,18-19,35H,9-10H2,1-2H3,(H,26,28)(H,27,29)(H,30,31). The number of carboxylic acid groups (broad SMARTS) is 1. The number of hydrogen-bond acceptors (Lipinski definition) is 8. The fraction of sp³-hybridized carbons (Fsp3) is 0.261. The predicted octanol–water partition coefficient (Wildman–Crippen LogP) is 2.43. The Balaban J connectivity index is 2.25. The minimum atomic E-state index is -1.49. The minimum absolute atomic E-state index is 0.00360. The van der Waals surface area contributed by atoms with Gasteiger partial charge in [0.25, 0.3) is 0 Å². The number of nitrogens with one attached hydrogen (secondary N) is 2. The van der Waals surface area contributed by atoms with Crippen LogP contribution in [0.2, 0.25) is 0 Å². The lowest BCUT2D eigenvalue weighted by molar-refractivity contribution is -0.138. The van der Waals surface area contributed by atoms with Gasteiger partial charge in [0, 0.05) is 37.0 Å². The summed E-state index contributed by atoms with van der Waals surface area (Å²) >= 11 is 4.65. The van der Waals surface area contributed by atoms with E-state index in [0.29, 0.717) is 17.8 Å². The summed E-state index contributed by atoms with van der Waals surface area (Å²) in [7, 11) is 0. The minimum Gasteiger partial charge on any atom is -0.478 e. The number of amides is 2. The van der Waals surface area contributed by atoms with E-state index in [2.05, 4.69) is 23.3 Å². The van der Waals surface area contributed by atoms with E-state index >= 15 is 0 Å². The van der Waals surface area contributed by atoms with Crippen LogP contribution in [0.5, 0.6) is 5.75 Å². The number of rotatable bonds is 10. The van der Waals surface area contributed by atoms with Gasteiger partial charge < -0.3 is 20.5 Å². The molecule has 2 aromatic carbocycles. The molecule has 0 aliphatic carbocycles. The van der Waals surface area contributed by atoms with E-state index in [1.165, 1.54) is 13.0 Å². The zero-order chi connectivity index (χ0) is 27.0. The Morgan fingerprint density at radius 2 is 1.64 bits per heavy atom. The SMILES string of the molecule is CC(=O)NC(CSC(=O)C(CS)NC(C)=O)C(=O)Oc1ccc(-c2ccc(F)cc2F)cc1C(=O)O. The first-order chi connectivity index (χ1) is 16.9. The van der Waals surface area contributed by atoms with Crippen LogP contribution in [0.4, 0.5) is 8.78 Å². The molecule has 0 aromatic heterocycles. The highest BCUT2D eigenvalue weighted by Crippen LogP contribution is 2.29. The van der Waals surface area contributed by atoms with Crippen molar-refractivity contribution in [3.63, 3.8) is 0 Å². The van der Waals surface area contributed by atoms with E-state index in [9.17, 15) is 37.9 Å². The number of ether oxygens (including phenoxy) is 1. The van der Waals surface area contributed by atoms with Gasteiger partial charge in [-0.1, -0.05) is 17.8 Å². The number of aromatic carboxylic acids is 1. The number of carbonyl (C=O) groups excluding carboxylic acids is 4. The van der Waals surface area contributed by atoms with Crippen LogP contribution in [0.3, 0.4) is 0 Å². The van der Waals surface area contributed by atoms with Crippen molar-refractivity contribution in [1.29, 1.82) is 0 Å². The smallest absolute Gasteiger partial charge is 0.339 e. The summed E-state index contributed by atoms with van der Waals surface area (Å²) in [5.41, 5.74) is -0.462. The topological polar surface area (TPSA) is 139 Å². The lowest BCUT2D eigenvalue weighted by Gasteiger charge is -2.19. The van der Waals surface area contributed by atoms with Crippen LogP contribution in [0, 0.1) is 11.6 Å². The summed E-state index contributed by atoms with van der Waals surface area (Å²) < 4.78 is 32.5. The van der Waals surface area contributed by atoms with Gasteiger partial charge in [-0.3, -0.25) is 14.4 Å². The maximum absolute atomic E-state index is 14.1. The third-order valence-corrected chi connectivity index (χ3v) is 6.00. The van der Waals surface area contributed by atoms with Crippen molar-refractivity contribution in [3.8, 4) is 16.9 Å². The molecule has 36 heavy (non-hydrogen) atoms. The molecule has 0 radical (unpaired) electrons. The number of carboxylic acids is 1. The molecule has 0 aliphatic rings. The molecule has 0 fully saturated rings. The molecule has 0 spiro atoms. The number of halogens is 2. The van der Waals surface area contributed by atoms with Crippen molar-refractivity contribution in [1.82, 2.24) is 10.6 Å². The van der Waals surface area contributed by atoms with Crippen molar-refractivity contribution in [2.24, 2.45) is 0 Å². The number of benzene rings is 2. The van der Waals surface area contributed by atoms with Gasteiger partial charge in [0.1, 0.15) is 35.0 Å². The third-order valence-electron chi connectivity index (χ3n) is 4.56. The number of esters is 1. The van der Waals surface area contributed by atoms with E-state index in [-0.39, 0.29) is 22.6 Å². The third kappa shape index (κ3) is 8.05. The zero-order valence-electron chi connectivity index (χ0n) is 19.0. The van der Waals surface area contributed by atoms with Crippen LogP contribution in [0.1, 0.15) is 24.2 Å². The summed E-state index contributed by atoms with van der Waals surface area (Å²) in [6, 6.07) is 3.97. The molecule has 2 rings (SSSR count). The van der Waals surface area contributed by atoms with Crippen LogP contribution < -0.4 is 15.4 Å². The number of thiol groups is 1. The van der Waals surface area contributed by atoms with Crippen LogP contribution in [-0.2, 0) is 19.2 Å². The highest BCUT2D eigenvalue weighted by molar-refractivity contribution is 8.13. The van der Waals surface area contributed by atoms with E-state index < -0.39 is 63.9 Å². The first-order valence-corrected chi connectivity index (χ1v) is 11.9. The van der Waals surface area contributed by atoms with Gasteiger partial charge in [0.15, 0.2) is 0 Å². The maximum atomic E-state index is 14.1. The summed E-state index contributed by atoms with van der Waals surface area (Å²) in [5.74, 6) is -6.00. The van der Waals surface area contributed by atoms with E-state index in [1.807, 2.05) is 0 Å². The fourth-order valence-electron chi connectivity index (χ4n) is 2.96. The number of hydrogen-bond donors (Lipinski definition) is 4. The second-order valence-corrected chi connectivity index (χ2v) is 8.77. The molecule has 0 bridgehead atoms. The molecule has 9 nitrogen and oxygen atoms in total. The molecular weight excluding hydrogens is 518 g/mol. The molecule has 13 heteroatoms. The molecule has 0 aliphatic heterocycles. The van der Waals surface area contributed by atoms with Gasteiger partial charge >= 0.3 is 11.9 Å². The second kappa shape index (κ2) is 13.0. The summed E-state index contributed by atoms with van der Waals surface area (Å²) in [6.45, 7) is 2.36. The molecule has 3 N–H and O–H groups in total. The molecule has 2 atom stereocenters. The molecule has 192 valence electrons. The first kappa shape index (κ1) is 28.8. The zero-order valence-corrected chi connectivity index (χ0v) is 20.8. The average molecular weight is 541 g/mol. The Morgan fingerprint density at radius 1 is 1.00 bits per heavy atom. The van der Waals surface area contributed by atoms with Crippen LogP contribution in [0.25, 0.3) is 11.1 Å². The summed E-state index contributed by atoms with van der Waals surface area (Å²) in [4.78, 5) is 59.7. The van der Waals surface area contributed by atoms with Crippen LogP contribution in [-0.4, -0.2) is 57.6 Å². The van der Waals surface area contributed by atoms with Crippen molar-refractivity contribution in [2.75, 3.05) is 11.5 Å². The van der Waals surface area contributed by atoms with Crippen molar-refractivity contribution < 1.29 is 42.6 Å². The van der Waals surface area contributed by atoms with Gasteiger partial charge in [-0.05, 0) is 29.8 Å². The van der Waals surface area contributed by atoms with Crippen LogP contribution >= 0.6 is 24.4 Å².